The minimum Gasteiger partial charge on any atom is -0.400 e. The maximum atomic E-state index is 10.6. The molecule has 1 aromatic heterocycles. The Labute approximate surface area is 144 Å². The van der Waals surface area contributed by atoms with Crippen molar-refractivity contribution in [3.63, 3.8) is 0 Å². The quantitative estimate of drug-likeness (QED) is 0.471. The minimum atomic E-state index is -0.563. The van der Waals surface area contributed by atoms with Crippen molar-refractivity contribution in [3.05, 3.63) is 62.9 Å². The Morgan fingerprint density at radius 3 is 2.50 bits per heavy atom. The van der Waals surface area contributed by atoms with Gasteiger partial charge in [-0.05, 0) is 23.8 Å². The summed E-state index contributed by atoms with van der Waals surface area (Å²) in [5.74, 6) is 0.106. The third-order valence-corrected chi connectivity index (χ3v) is 4.06. The molecule has 2 heterocycles. The smallest absolute Gasteiger partial charge is 0.400 e. The number of halogens is 1. The van der Waals surface area contributed by atoms with Crippen LogP contribution in [0, 0.1) is 10.1 Å². The van der Waals surface area contributed by atoms with E-state index >= 15 is 0 Å². The minimum absolute atomic E-state index is 0.274. The Balaban J connectivity index is 1.48. The molecule has 1 aliphatic rings. The summed E-state index contributed by atoms with van der Waals surface area (Å²) in [5, 5.41) is 17.6. The van der Waals surface area contributed by atoms with Crippen molar-refractivity contribution in [2.75, 3.05) is 26.2 Å². The second-order valence-electron chi connectivity index (χ2n) is 5.53. The molecule has 7 nitrogen and oxygen atoms in total. The summed E-state index contributed by atoms with van der Waals surface area (Å²) in [6, 6.07) is 10.7. The molecule has 8 heteroatoms. The Kier molecular flexibility index (Phi) is 5.12. The van der Waals surface area contributed by atoms with Crippen molar-refractivity contribution in [1.82, 2.24) is 9.91 Å². The van der Waals surface area contributed by atoms with E-state index < -0.39 is 4.92 Å². The first-order valence-corrected chi connectivity index (χ1v) is 7.98. The molecule has 1 aromatic carbocycles. The van der Waals surface area contributed by atoms with E-state index in [-0.39, 0.29) is 5.88 Å². The largest absolute Gasteiger partial charge is 0.433 e. The van der Waals surface area contributed by atoms with Crippen LogP contribution in [-0.4, -0.2) is 47.2 Å². The van der Waals surface area contributed by atoms with Gasteiger partial charge in [-0.3, -0.25) is 20.0 Å². The van der Waals surface area contributed by atoms with E-state index in [0.717, 1.165) is 37.7 Å². The average Bonchev–Trinajstić information content (AvgIpc) is 3.06. The number of nitrogens with zero attached hydrogens (tertiary/aromatic N) is 4. The van der Waals surface area contributed by atoms with Gasteiger partial charge in [-0.1, -0.05) is 23.7 Å². The van der Waals surface area contributed by atoms with Crippen LogP contribution in [0.2, 0.25) is 5.02 Å². The number of hydrogen-bond acceptors (Lipinski definition) is 6. The van der Waals surface area contributed by atoms with Crippen molar-refractivity contribution >= 4 is 23.7 Å². The van der Waals surface area contributed by atoms with E-state index in [9.17, 15) is 10.1 Å². The van der Waals surface area contributed by atoms with Gasteiger partial charge in [0.15, 0.2) is 5.76 Å². The fourth-order valence-corrected chi connectivity index (χ4v) is 2.63. The predicted octanol–water partition coefficient (Wildman–Crippen LogP) is 2.99. The van der Waals surface area contributed by atoms with Crippen LogP contribution in [-0.2, 0) is 6.54 Å². The van der Waals surface area contributed by atoms with Crippen molar-refractivity contribution in [3.8, 4) is 0 Å². The molecule has 3 rings (SSSR count). The van der Waals surface area contributed by atoms with E-state index in [1.165, 1.54) is 17.8 Å². The molecular formula is C16H17ClN4O3. The van der Waals surface area contributed by atoms with Crippen molar-refractivity contribution in [1.29, 1.82) is 0 Å². The van der Waals surface area contributed by atoms with Crippen LogP contribution < -0.4 is 0 Å². The highest BCUT2D eigenvalue weighted by Gasteiger charge is 2.16. The highest BCUT2D eigenvalue weighted by atomic mass is 35.5. The van der Waals surface area contributed by atoms with Crippen LogP contribution in [0.15, 0.2) is 45.9 Å². The third kappa shape index (κ3) is 4.33. The Morgan fingerprint density at radius 1 is 1.17 bits per heavy atom. The van der Waals surface area contributed by atoms with Crippen LogP contribution >= 0.6 is 11.6 Å². The lowest BCUT2D eigenvalue weighted by Gasteiger charge is -2.32. The first-order chi connectivity index (χ1) is 11.6. The number of hydrazone groups is 1. The normalized spacial score (nSPS) is 16.0. The lowest BCUT2D eigenvalue weighted by atomic mass is 10.2. The van der Waals surface area contributed by atoms with Gasteiger partial charge in [0.25, 0.3) is 0 Å². The first-order valence-electron chi connectivity index (χ1n) is 7.60. The SMILES string of the molecule is O=[N+]([O-])c1ccc(C=NN2CCN(Cc3ccc(Cl)cc3)CC2)o1. The Morgan fingerprint density at radius 2 is 1.88 bits per heavy atom. The molecule has 0 aliphatic carbocycles. The van der Waals surface area contributed by atoms with E-state index in [1.807, 2.05) is 29.3 Å². The van der Waals surface area contributed by atoms with E-state index in [1.54, 1.807) is 6.07 Å². The number of rotatable bonds is 5. The maximum absolute atomic E-state index is 10.6. The molecule has 0 bridgehead atoms. The van der Waals surface area contributed by atoms with Crippen molar-refractivity contribution in [2.24, 2.45) is 5.10 Å². The lowest BCUT2D eigenvalue weighted by Crippen LogP contribution is -2.43. The highest BCUT2D eigenvalue weighted by molar-refractivity contribution is 6.30. The molecule has 2 aromatic rings. The molecule has 1 fully saturated rings. The van der Waals surface area contributed by atoms with Gasteiger partial charge < -0.3 is 4.42 Å². The average molecular weight is 349 g/mol. The van der Waals surface area contributed by atoms with Gasteiger partial charge in [-0.2, -0.15) is 5.10 Å². The summed E-state index contributed by atoms with van der Waals surface area (Å²) in [6.07, 6.45) is 1.52. The summed E-state index contributed by atoms with van der Waals surface area (Å²) in [7, 11) is 0. The predicted molar refractivity (Wildman–Crippen MR) is 91.3 cm³/mol. The van der Waals surface area contributed by atoms with Crippen LogP contribution in [0.4, 0.5) is 5.88 Å². The van der Waals surface area contributed by atoms with Crippen LogP contribution in [0.1, 0.15) is 11.3 Å². The van der Waals surface area contributed by atoms with Crippen molar-refractivity contribution < 1.29 is 9.34 Å². The topological polar surface area (TPSA) is 75.1 Å². The van der Waals surface area contributed by atoms with E-state index in [2.05, 4.69) is 10.0 Å². The van der Waals surface area contributed by atoms with Gasteiger partial charge in [0.05, 0.1) is 12.3 Å². The molecule has 24 heavy (non-hydrogen) atoms. The zero-order valence-electron chi connectivity index (χ0n) is 13.0. The number of furan rings is 1. The van der Waals surface area contributed by atoms with E-state index in [4.69, 9.17) is 16.0 Å². The Bertz CT molecular complexity index is 721. The molecular weight excluding hydrogens is 332 g/mol. The fourth-order valence-electron chi connectivity index (χ4n) is 2.51. The van der Waals surface area contributed by atoms with Gasteiger partial charge in [0.2, 0.25) is 0 Å². The molecule has 1 aliphatic heterocycles. The fraction of sp³-hybridized carbons (Fsp3) is 0.312. The molecule has 0 spiro atoms. The maximum Gasteiger partial charge on any atom is 0.433 e. The van der Waals surface area contributed by atoms with Gasteiger partial charge in [0, 0.05) is 37.7 Å². The van der Waals surface area contributed by atoms with Crippen LogP contribution in [0.25, 0.3) is 0 Å². The summed E-state index contributed by atoms with van der Waals surface area (Å²) >= 11 is 5.90. The zero-order valence-corrected chi connectivity index (χ0v) is 13.7. The van der Waals surface area contributed by atoms with Gasteiger partial charge in [-0.15, -0.1) is 0 Å². The number of nitro groups is 1. The van der Waals surface area contributed by atoms with Gasteiger partial charge in [-0.25, -0.2) is 0 Å². The molecule has 1 saturated heterocycles. The molecule has 0 radical (unpaired) electrons. The molecule has 0 N–H and O–H groups in total. The number of hydrogen-bond donors (Lipinski definition) is 0. The molecule has 0 amide bonds. The lowest BCUT2D eigenvalue weighted by molar-refractivity contribution is -0.402. The number of piperazine rings is 1. The zero-order chi connectivity index (χ0) is 16.9. The second-order valence-corrected chi connectivity index (χ2v) is 5.97. The summed E-state index contributed by atoms with van der Waals surface area (Å²) in [5.41, 5.74) is 1.24. The van der Waals surface area contributed by atoms with Crippen molar-refractivity contribution in [2.45, 2.75) is 6.54 Å². The first kappa shape index (κ1) is 16.5. The standard InChI is InChI=1S/C16H17ClN4O3/c17-14-3-1-13(2-4-14)12-19-7-9-20(10-8-19)18-11-15-5-6-16(24-15)21(22)23/h1-6,11H,7-10,12H2. The highest BCUT2D eigenvalue weighted by Crippen LogP contribution is 2.15. The number of benzene rings is 1. The van der Waals surface area contributed by atoms with Crippen LogP contribution in [0.3, 0.4) is 0 Å². The van der Waals surface area contributed by atoms with Gasteiger partial charge in [0.1, 0.15) is 4.92 Å². The monoisotopic (exact) mass is 348 g/mol. The second kappa shape index (κ2) is 7.46. The molecule has 0 atom stereocenters. The van der Waals surface area contributed by atoms with Crippen LogP contribution in [0.5, 0.6) is 0 Å². The Hall–Kier alpha value is -2.38. The molecule has 126 valence electrons. The summed E-state index contributed by atoms with van der Waals surface area (Å²) in [4.78, 5) is 12.4. The summed E-state index contributed by atoms with van der Waals surface area (Å²) in [6.45, 7) is 4.29. The third-order valence-electron chi connectivity index (χ3n) is 3.81. The van der Waals surface area contributed by atoms with Gasteiger partial charge >= 0.3 is 5.88 Å². The molecule has 0 unspecified atom stereocenters. The molecule has 0 saturated carbocycles. The summed E-state index contributed by atoms with van der Waals surface area (Å²) < 4.78 is 5.05. The van der Waals surface area contributed by atoms with E-state index in [0.29, 0.717) is 5.76 Å².